The highest BCUT2D eigenvalue weighted by Crippen LogP contribution is 2.22. The minimum absolute atomic E-state index is 0.748. The van der Waals surface area contributed by atoms with Gasteiger partial charge in [0.15, 0.2) is 0 Å². The molecule has 16 heavy (non-hydrogen) atoms. The number of piperidine rings is 1. The van der Waals surface area contributed by atoms with Gasteiger partial charge in [-0.05, 0) is 56.0 Å². The maximum Gasteiger partial charge on any atom is 0.119 e. The molecular weight excluding hydrogens is 198 g/mol. The highest BCUT2D eigenvalue weighted by Gasteiger charge is 2.14. The fraction of sp³-hybridized carbons (Fsp3) is 0.500. The molecule has 1 aliphatic rings. The van der Waals surface area contributed by atoms with Crippen molar-refractivity contribution in [1.82, 2.24) is 4.90 Å². The van der Waals surface area contributed by atoms with Crippen molar-refractivity contribution < 1.29 is 4.74 Å². The molecule has 1 unspecified atom stereocenters. The normalized spacial score (nSPS) is 22.0. The zero-order valence-corrected chi connectivity index (χ0v) is 9.98. The van der Waals surface area contributed by atoms with E-state index in [9.17, 15) is 0 Å². The molecule has 0 aliphatic carbocycles. The van der Waals surface area contributed by atoms with E-state index < -0.39 is 0 Å². The number of likely N-dealkylation sites (tertiary alicyclic amines) is 1. The van der Waals surface area contributed by atoms with Crippen molar-refractivity contribution in [3.63, 3.8) is 0 Å². The van der Waals surface area contributed by atoms with Gasteiger partial charge in [-0.3, -0.25) is 7.05 Å². The molecule has 1 aromatic rings. The quantitative estimate of drug-likeness (QED) is 0.723. The van der Waals surface area contributed by atoms with Crippen LogP contribution in [0.15, 0.2) is 24.3 Å². The molecule has 2 rings (SSSR count). The van der Waals surface area contributed by atoms with Gasteiger partial charge in [-0.1, -0.05) is 12.1 Å². The lowest BCUT2D eigenvalue weighted by atomic mass is 9.91. The fourth-order valence-electron chi connectivity index (χ4n) is 2.45. The van der Waals surface area contributed by atoms with Gasteiger partial charge in [0, 0.05) is 0 Å². The fourth-order valence-corrected chi connectivity index (χ4v) is 2.45. The number of methoxy groups -OCH3 is 1. The smallest absolute Gasteiger partial charge is 0.119 e. The molecule has 0 N–H and O–H groups in total. The van der Waals surface area contributed by atoms with Gasteiger partial charge in [0.05, 0.1) is 7.11 Å². The van der Waals surface area contributed by atoms with E-state index in [0.29, 0.717) is 0 Å². The Hall–Kier alpha value is -1.02. The van der Waals surface area contributed by atoms with Crippen molar-refractivity contribution in [3.05, 3.63) is 36.9 Å². The molecule has 88 valence electrons. The summed E-state index contributed by atoms with van der Waals surface area (Å²) in [5, 5.41) is 0. The van der Waals surface area contributed by atoms with Crippen LogP contribution in [0.25, 0.3) is 0 Å². The summed E-state index contributed by atoms with van der Waals surface area (Å²) in [5.41, 5.74) is 1.37. The number of ether oxygens (including phenoxy) is 1. The minimum Gasteiger partial charge on any atom is -0.497 e. The molecule has 1 aromatic carbocycles. The number of hydrogen-bond acceptors (Lipinski definition) is 2. The van der Waals surface area contributed by atoms with Crippen LogP contribution < -0.4 is 4.74 Å². The van der Waals surface area contributed by atoms with Crippen LogP contribution in [0.1, 0.15) is 18.4 Å². The molecular formula is C14H20NO-. The van der Waals surface area contributed by atoms with Crippen molar-refractivity contribution in [2.24, 2.45) is 5.92 Å². The summed E-state index contributed by atoms with van der Waals surface area (Å²) in [6.07, 6.45) is 3.74. The van der Waals surface area contributed by atoms with E-state index >= 15 is 0 Å². The average molecular weight is 218 g/mol. The highest BCUT2D eigenvalue weighted by molar-refractivity contribution is 5.28. The Bertz CT molecular complexity index is 337. The summed E-state index contributed by atoms with van der Waals surface area (Å²) >= 11 is 0. The van der Waals surface area contributed by atoms with Crippen LogP contribution in [0.4, 0.5) is 0 Å². The topological polar surface area (TPSA) is 12.5 Å². The zero-order valence-electron chi connectivity index (χ0n) is 9.98. The molecule has 0 radical (unpaired) electrons. The molecule has 0 spiro atoms. The Morgan fingerprint density at radius 1 is 1.50 bits per heavy atom. The van der Waals surface area contributed by atoms with E-state index in [4.69, 9.17) is 4.74 Å². The van der Waals surface area contributed by atoms with Crippen LogP contribution in [0.2, 0.25) is 0 Å². The molecule has 1 aliphatic heterocycles. The van der Waals surface area contributed by atoms with Crippen molar-refractivity contribution in [2.75, 3.05) is 20.2 Å². The summed E-state index contributed by atoms with van der Waals surface area (Å²) in [5.74, 6) is 1.71. The molecule has 0 bridgehead atoms. The lowest BCUT2D eigenvalue weighted by Crippen LogP contribution is -2.31. The predicted molar refractivity (Wildman–Crippen MR) is 66.4 cm³/mol. The van der Waals surface area contributed by atoms with Crippen LogP contribution in [-0.2, 0) is 6.42 Å². The van der Waals surface area contributed by atoms with Gasteiger partial charge in [-0.25, -0.2) is 0 Å². The second-order valence-electron chi connectivity index (χ2n) is 4.64. The van der Waals surface area contributed by atoms with Crippen molar-refractivity contribution in [1.29, 1.82) is 0 Å². The zero-order chi connectivity index (χ0) is 11.4. The Morgan fingerprint density at radius 2 is 2.38 bits per heavy atom. The number of hydrogen-bond donors (Lipinski definition) is 0. The monoisotopic (exact) mass is 218 g/mol. The molecule has 1 atom stereocenters. The summed E-state index contributed by atoms with van der Waals surface area (Å²) < 4.78 is 5.24. The number of nitrogens with zero attached hydrogens (tertiary/aromatic N) is 1. The molecule has 1 saturated heterocycles. The lowest BCUT2D eigenvalue weighted by molar-refractivity contribution is 0.230. The standard InChI is InChI=1S/C14H20NO/c1-15-8-4-6-13(11-15)9-12-5-3-7-14(10-12)16-2/h3,5,7,10,13H,1,4,6,8-9,11H2,2H3/q-1. The first-order valence-electron chi connectivity index (χ1n) is 5.96. The molecule has 0 amide bonds. The molecule has 0 aromatic heterocycles. The van der Waals surface area contributed by atoms with Crippen LogP contribution in [-0.4, -0.2) is 25.1 Å². The minimum atomic E-state index is 0.748. The van der Waals surface area contributed by atoms with E-state index in [1.165, 1.54) is 18.4 Å². The molecule has 2 heteroatoms. The second kappa shape index (κ2) is 5.35. The summed E-state index contributed by atoms with van der Waals surface area (Å²) in [6, 6.07) is 8.39. The Kier molecular flexibility index (Phi) is 3.83. The van der Waals surface area contributed by atoms with Crippen LogP contribution in [0, 0.1) is 13.0 Å². The van der Waals surface area contributed by atoms with Crippen LogP contribution >= 0.6 is 0 Å². The first-order valence-corrected chi connectivity index (χ1v) is 5.96. The molecule has 2 nitrogen and oxygen atoms in total. The third-order valence-corrected chi connectivity index (χ3v) is 3.26. The third kappa shape index (κ3) is 2.99. The van der Waals surface area contributed by atoms with E-state index in [1.54, 1.807) is 7.11 Å². The third-order valence-electron chi connectivity index (χ3n) is 3.26. The van der Waals surface area contributed by atoms with Gasteiger partial charge < -0.3 is 9.64 Å². The lowest BCUT2D eigenvalue weighted by Gasteiger charge is -2.35. The second-order valence-corrected chi connectivity index (χ2v) is 4.64. The first-order chi connectivity index (χ1) is 7.78. The van der Waals surface area contributed by atoms with Crippen molar-refractivity contribution in [3.8, 4) is 5.75 Å². The Balaban J connectivity index is 1.97. The van der Waals surface area contributed by atoms with Gasteiger partial charge in [0.1, 0.15) is 5.75 Å². The van der Waals surface area contributed by atoms with Crippen LogP contribution in [0.3, 0.4) is 0 Å². The van der Waals surface area contributed by atoms with E-state index in [2.05, 4.69) is 30.1 Å². The number of benzene rings is 1. The van der Waals surface area contributed by atoms with Gasteiger partial charge in [0.2, 0.25) is 0 Å². The first kappa shape index (κ1) is 11.5. The molecule has 0 saturated carbocycles. The molecule has 1 heterocycles. The summed E-state index contributed by atoms with van der Waals surface area (Å²) in [4.78, 5) is 2.19. The maximum absolute atomic E-state index is 5.24. The van der Waals surface area contributed by atoms with Crippen molar-refractivity contribution >= 4 is 0 Å². The number of rotatable bonds is 3. The van der Waals surface area contributed by atoms with Gasteiger partial charge >= 0.3 is 0 Å². The SMILES string of the molecule is [CH2-]N1CCCC(Cc2cccc(OC)c2)C1. The van der Waals surface area contributed by atoms with E-state index in [-0.39, 0.29) is 0 Å². The summed E-state index contributed by atoms with van der Waals surface area (Å²) in [6.45, 7) is 2.27. The largest absolute Gasteiger partial charge is 0.497 e. The Morgan fingerprint density at radius 3 is 3.12 bits per heavy atom. The molecule has 1 fully saturated rings. The Labute approximate surface area is 98.2 Å². The van der Waals surface area contributed by atoms with Gasteiger partial charge in [-0.15, -0.1) is 0 Å². The van der Waals surface area contributed by atoms with E-state index in [0.717, 1.165) is 31.2 Å². The van der Waals surface area contributed by atoms with Crippen molar-refractivity contribution in [2.45, 2.75) is 19.3 Å². The van der Waals surface area contributed by atoms with Crippen LogP contribution in [0.5, 0.6) is 5.75 Å². The summed E-state index contributed by atoms with van der Waals surface area (Å²) in [7, 11) is 5.75. The maximum atomic E-state index is 5.24. The highest BCUT2D eigenvalue weighted by atomic mass is 16.5. The average Bonchev–Trinajstić information content (AvgIpc) is 2.29. The van der Waals surface area contributed by atoms with Gasteiger partial charge in [-0.2, -0.15) is 0 Å². The van der Waals surface area contributed by atoms with E-state index in [1.807, 2.05) is 6.07 Å². The van der Waals surface area contributed by atoms with Gasteiger partial charge in [0.25, 0.3) is 0 Å². The predicted octanol–water partition coefficient (Wildman–Crippen LogP) is 2.74.